The monoisotopic (exact) mass is 720 g/mol. The summed E-state index contributed by atoms with van der Waals surface area (Å²) in [6.45, 7) is 2.89. The van der Waals surface area contributed by atoms with Gasteiger partial charge >= 0.3 is 0 Å². The van der Waals surface area contributed by atoms with Crippen LogP contribution in [0.3, 0.4) is 0 Å². The molecule has 0 fully saturated rings. The van der Waals surface area contributed by atoms with E-state index in [-0.39, 0.29) is 29.0 Å². The molecular formula is C30H25IN8O6. The lowest BCUT2D eigenvalue weighted by Crippen LogP contribution is -2.05. The van der Waals surface area contributed by atoms with Gasteiger partial charge < -0.3 is 22.1 Å². The van der Waals surface area contributed by atoms with Gasteiger partial charge in [0, 0.05) is 48.5 Å². The van der Waals surface area contributed by atoms with Crippen LogP contribution >= 0.6 is 22.6 Å². The van der Waals surface area contributed by atoms with Crippen molar-refractivity contribution in [2.24, 2.45) is 0 Å². The standard InChI is InChI=1S/C15H12N4O3.C10H9NO.C5H4IN3O2/c1-10(20)18-13-6-3-11(4-7-13)2-5-12-8-14(19(21)22)9-17-15(12)16;1-3-9-4-6-10(7-5-9)11-8(2)12;6-4-1-3(9(10)11)2-8-5(4)7/h3-4,6-9H,1H3,(H2,16,17)(H,18,20);1,4-7H,2H3,(H,11,12);1-2H,(H2,7,8). The Morgan fingerprint density at radius 1 is 0.778 bits per heavy atom. The quantitative estimate of drug-likeness (QED) is 0.0982. The summed E-state index contributed by atoms with van der Waals surface area (Å²) in [6, 6.07) is 16.6. The fraction of sp³-hybridized carbons (Fsp3) is 0.0667. The number of amides is 2. The summed E-state index contributed by atoms with van der Waals surface area (Å²) >= 11 is 1.89. The zero-order chi connectivity index (χ0) is 33.5. The molecule has 14 nitrogen and oxygen atoms in total. The number of nitrogens with zero attached hydrogens (tertiary/aromatic N) is 4. The molecule has 0 saturated carbocycles. The summed E-state index contributed by atoms with van der Waals surface area (Å²) in [7, 11) is 0. The molecule has 0 unspecified atom stereocenters. The molecule has 228 valence electrons. The number of nitrogens with two attached hydrogens (primary N) is 2. The highest BCUT2D eigenvalue weighted by molar-refractivity contribution is 14.1. The van der Waals surface area contributed by atoms with Crippen molar-refractivity contribution in [2.75, 3.05) is 22.1 Å². The molecule has 0 spiro atoms. The van der Waals surface area contributed by atoms with Gasteiger partial charge in [0.15, 0.2) is 0 Å². The molecule has 2 heterocycles. The van der Waals surface area contributed by atoms with Crippen LogP contribution in [0.25, 0.3) is 0 Å². The first-order valence-corrected chi connectivity index (χ1v) is 13.6. The zero-order valence-corrected chi connectivity index (χ0v) is 25.9. The van der Waals surface area contributed by atoms with Gasteiger partial charge in [0.2, 0.25) is 11.8 Å². The van der Waals surface area contributed by atoms with Crippen molar-refractivity contribution in [2.45, 2.75) is 13.8 Å². The van der Waals surface area contributed by atoms with Gasteiger partial charge in [-0.3, -0.25) is 29.8 Å². The van der Waals surface area contributed by atoms with E-state index < -0.39 is 9.85 Å². The largest absolute Gasteiger partial charge is 0.383 e. The lowest BCUT2D eigenvalue weighted by atomic mass is 10.2. The van der Waals surface area contributed by atoms with Gasteiger partial charge in [0.1, 0.15) is 24.0 Å². The smallest absolute Gasteiger partial charge is 0.288 e. The van der Waals surface area contributed by atoms with E-state index in [2.05, 4.69) is 38.4 Å². The van der Waals surface area contributed by atoms with Gasteiger partial charge in [-0.05, 0) is 71.1 Å². The number of aromatic nitrogens is 2. The molecule has 2 aromatic carbocycles. The second-order valence-corrected chi connectivity index (χ2v) is 9.77. The average molecular weight is 720 g/mol. The summed E-state index contributed by atoms with van der Waals surface area (Å²) in [5.41, 5.74) is 14.0. The van der Waals surface area contributed by atoms with Crippen LogP contribution in [0.1, 0.15) is 30.5 Å². The van der Waals surface area contributed by atoms with Crippen molar-refractivity contribution < 1.29 is 19.4 Å². The molecule has 15 heteroatoms. The highest BCUT2D eigenvalue weighted by atomic mass is 127. The Kier molecular flexibility index (Phi) is 13.4. The zero-order valence-electron chi connectivity index (χ0n) is 23.8. The van der Waals surface area contributed by atoms with Crippen LogP contribution in [-0.4, -0.2) is 31.6 Å². The molecular weight excluding hydrogens is 695 g/mol. The van der Waals surface area contributed by atoms with Crippen LogP contribution in [0.5, 0.6) is 0 Å². The lowest BCUT2D eigenvalue weighted by Gasteiger charge is -2.00. The van der Waals surface area contributed by atoms with Crippen molar-refractivity contribution in [1.82, 2.24) is 9.97 Å². The number of terminal acetylenes is 1. The second kappa shape index (κ2) is 17.1. The molecule has 0 bridgehead atoms. The number of nitrogen functional groups attached to an aromatic ring is 2. The fourth-order valence-electron chi connectivity index (χ4n) is 3.04. The maximum atomic E-state index is 10.9. The predicted molar refractivity (Wildman–Crippen MR) is 179 cm³/mol. The molecule has 2 amide bonds. The number of nitrogens with one attached hydrogen (secondary N) is 2. The highest BCUT2D eigenvalue weighted by Crippen LogP contribution is 2.18. The Labute approximate surface area is 271 Å². The summed E-state index contributed by atoms with van der Waals surface area (Å²) in [4.78, 5) is 48.7. The number of carbonyl (C=O) groups excluding carboxylic acids is 2. The number of hydrogen-bond acceptors (Lipinski definition) is 10. The molecule has 0 saturated heterocycles. The third-order valence-electron chi connectivity index (χ3n) is 5.10. The number of benzene rings is 2. The summed E-state index contributed by atoms with van der Waals surface area (Å²) < 4.78 is 0.594. The van der Waals surface area contributed by atoms with E-state index in [0.717, 1.165) is 23.6 Å². The predicted octanol–water partition coefficient (Wildman–Crippen LogP) is 4.73. The molecule has 4 rings (SSSR count). The second-order valence-electron chi connectivity index (χ2n) is 8.61. The molecule has 0 aliphatic heterocycles. The number of anilines is 4. The minimum absolute atomic E-state index is 0.0383. The van der Waals surface area contributed by atoms with E-state index in [0.29, 0.717) is 26.2 Å². The molecule has 0 aliphatic carbocycles. The van der Waals surface area contributed by atoms with E-state index in [1.807, 2.05) is 22.6 Å². The highest BCUT2D eigenvalue weighted by Gasteiger charge is 2.09. The van der Waals surface area contributed by atoms with Gasteiger partial charge in [-0.1, -0.05) is 17.8 Å². The average Bonchev–Trinajstić information content (AvgIpc) is 2.99. The Hall–Kier alpha value is -6.07. The molecule has 0 radical (unpaired) electrons. The van der Waals surface area contributed by atoms with E-state index in [1.165, 1.54) is 26.0 Å². The molecule has 2 aromatic heterocycles. The minimum atomic E-state index is -0.556. The summed E-state index contributed by atoms with van der Waals surface area (Å²) in [5.74, 6) is 8.30. The molecule has 0 aliphatic rings. The Bertz CT molecular complexity index is 1810. The molecule has 45 heavy (non-hydrogen) atoms. The SMILES string of the molecule is C#Cc1ccc(NC(C)=O)cc1.CC(=O)Nc1ccc(C#Cc2cc([N+](=O)[O-])cnc2N)cc1.Nc1ncc([N+](=O)[O-])cc1I. The van der Waals surface area contributed by atoms with Crippen LogP contribution in [0.4, 0.5) is 34.4 Å². The Morgan fingerprint density at radius 2 is 1.22 bits per heavy atom. The van der Waals surface area contributed by atoms with Gasteiger partial charge in [0.25, 0.3) is 11.4 Å². The number of halogens is 1. The van der Waals surface area contributed by atoms with E-state index in [1.54, 1.807) is 48.5 Å². The van der Waals surface area contributed by atoms with Gasteiger partial charge in [-0.2, -0.15) is 0 Å². The van der Waals surface area contributed by atoms with Crippen molar-refractivity contribution in [3.8, 4) is 24.2 Å². The van der Waals surface area contributed by atoms with Gasteiger partial charge in [0.05, 0.1) is 19.0 Å². The first kappa shape index (κ1) is 35.1. The maximum Gasteiger partial charge on any atom is 0.288 e. The van der Waals surface area contributed by atoms with Crippen LogP contribution in [0.15, 0.2) is 73.1 Å². The molecule has 4 aromatic rings. The normalized spacial score (nSPS) is 9.29. The number of pyridine rings is 2. The van der Waals surface area contributed by atoms with Crippen LogP contribution in [0.2, 0.25) is 0 Å². The number of nitro groups is 2. The topological polar surface area (TPSA) is 222 Å². The van der Waals surface area contributed by atoms with E-state index in [4.69, 9.17) is 17.9 Å². The number of carbonyl (C=O) groups is 2. The van der Waals surface area contributed by atoms with E-state index >= 15 is 0 Å². The molecule has 0 atom stereocenters. The van der Waals surface area contributed by atoms with Gasteiger partial charge in [-0.25, -0.2) is 9.97 Å². The van der Waals surface area contributed by atoms with Crippen molar-refractivity contribution >= 4 is 68.8 Å². The van der Waals surface area contributed by atoms with E-state index in [9.17, 15) is 29.8 Å². The maximum absolute atomic E-state index is 10.9. The number of rotatable bonds is 4. The third-order valence-corrected chi connectivity index (χ3v) is 5.96. The van der Waals surface area contributed by atoms with Crippen LogP contribution in [0, 0.1) is 48.0 Å². The molecule has 6 N–H and O–H groups in total. The van der Waals surface area contributed by atoms with Crippen LogP contribution < -0.4 is 22.1 Å². The third kappa shape index (κ3) is 12.4. The lowest BCUT2D eigenvalue weighted by molar-refractivity contribution is -0.385. The van der Waals surface area contributed by atoms with Crippen molar-refractivity contribution in [3.05, 3.63) is 114 Å². The Morgan fingerprint density at radius 3 is 1.64 bits per heavy atom. The van der Waals surface area contributed by atoms with Crippen molar-refractivity contribution in [1.29, 1.82) is 0 Å². The van der Waals surface area contributed by atoms with Gasteiger partial charge in [-0.15, -0.1) is 6.42 Å². The first-order chi connectivity index (χ1) is 21.3. The summed E-state index contributed by atoms with van der Waals surface area (Å²) in [6.07, 6.45) is 7.39. The van der Waals surface area contributed by atoms with Crippen molar-refractivity contribution in [3.63, 3.8) is 0 Å². The number of hydrogen-bond donors (Lipinski definition) is 4. The minimum Gasteiger partial charge on any atom is -0.383 e. The van der Waals surface area contributed by atoms with Crippen LogP contribution in [-0.2, 0) is 9.59 Å². The Balaban J connectivity index is 0.000000259. The fourth-order valence-corrected chi connectivity index (χ4v) is 3.49. The summed E-state index contributed by atoms with van der Waals surface area (Å²) in [5, 5.41) is 26.2. The first-order valence-electron chi connectivity index (χ1n) is 12.5.